The molecule has 1 saturated heterocycles. The predicted molar refractivity (Wildman–Crippen MR) is 99.5 cm³/mol. The van der Waals surface area contributed by atoms with Crippen LogP contribution in [0.3, 0.4) is 0 Å². The van der Waals surface area contributed by atoms with Crippen molar-refractivity contribution < 1.29 is 18.8 Å². The van der Waals surface area contributed by atoms with E-state index in [2.05, 4.69) is 0 Å². The second-order valence-corrected chi connectivity index (χ2v) is 7.27. The van der Waals surface area contributed by atoms with E-state index >= 15 is 0 Å². The quantitative estimate of drug-likeness (QED) is 0.780. The van der Waals surface area contributed by atoms with Crippen molar-refractivity contribution in [2.45, 2.75) is 45.5 Å². The smallest absolute Gasteiger partial charge is 0.497 e. The molecular weight excluding hydrogens is 315 g/mol. The van der Waals surface area contributed by atoms with Crippen LogP contribution in [0.2, 0.25) is 0 Å². The van der Waals surface area contributed by atoms with E-state index in [0.29, 0.717) is 6.61 Å². The van der Waals surface area contributed by atoms with Crippen molar-refractivity contribution in [3.8, 4) is 11.5 Å². The van der Waals surface area contributed by atoms with Gasteiger partial charge in [0.05, 0.1) is 18.3 Å². The molecule has 1 fully saturated rings. The molecule has 0 amide bonds. The van der Waals surface area contributed by atoms with Crippen molar-refractivity contribution in [2.75, 3.05) is 7.11 Å². The van der Waals surface area contributed by atoms with Gasteiger partial charge in [0, 0.05) is 5.46 Å². The summed E-state index contributed by atoms with van der Waals surface area (Å²) in [5.41, 5.74) is 1.14. The van der Waals surface area contributed by atoms with Crippen LogP contribution in [0.1, 0.15) is 33.3 Å². The molecule has 132 valence electrons. The highest BCUT2D eigenvalue weighted by Gasteiger charge is 2.52. The fourth-order valence-corrected chi connectivity index (χ4v) is 2.71. The molecule has 2 aromatic rings. The molecule has 0 saturated carbocycles. The van der Waals surface area contributed by atoms with Crippen molar-refractivity contribution >= 4 is 12.6 Å². The highest BCUT2D eigenvalue weighted by Crippen LogP contribution is 2.37. The van der Waals surface area contributed by atoms with Crippen LogP contribution in [0.25, 0.3) is 0 Å². The van der Waals surface area contributed by atoms with Crippen molar-refractivity contribution in [3.63, 3.8) is 0 Å². The first-order valence-corrected chi connectivity index (χ1v) is 8.53. The maximum Gasteiger partial charge on any atom is 0.498 e. The van der Waals surface area contributed by atoms with Crippen molar-refractivity contribution in [2.24, 2.45) is 0 Å². The third kappa shape index (κ3) is 3.67. The lowest BCUT2D eigenvalue weighted by Gasteiger charge is -2.32. The molecule has 0 unspecified atom stereocenters. The molecule has 0 spiro atoms. The average Bonchev–Trinajstić information content (AvgIpc) is 2.81. The van der Waals surface area contributed by atoms with Gasteiger partial charge in [-0.2, -0.15) is 0 Å². The van der Waals surface area contributed by atoms with Crippen molar-refractivity contribution in [1.29, 1.82) is 0 Å². The van der Waals surface area contributed by atoms with Crippen LogP contribution >= 0.6 is 0 Å². The maximum absolute atomic E-state index is 6.17. The molecule has 4 nitrogen and oxygen atoms in total. The lowest BCUT2D eigenvalue weighted by atomic mass is 9.77. The summed E-state index contributed by atoms with van der Waals surface area (Å²) in [7, 11) is 1.20. The number of rotatable bonds is 5. The molecule has 0 atom stereocenters. The standard InChI is InChI=1S/C20H25BO4/c1-19(2)20(3,4)25-21(24-19)17-13-15(11-12-18(17)22-5)14-23-16-9-7-6-8-10-16/h6-13H,14H2,1-5H3. The zero-order valence-corrected chi connectivity index (χ0v) is 15.5. The molecule has 0 aliphatic carbocycles. The normalized spacial score (nSPS) is 18.2. The van der Waals surface area contributed by atoms with Crippen LogP contribution in [0, 0.1) is 0 Å². The molecule has 0 aromatic heterocycles. The molecule has 3 rings (SSSR count). The lowest BCUT2D eigenvalue weighted by Crippen LogP contribution is -2.41. The van der Waals surface area contributed by atoms with Crippen LogP contribution in [0.5, 0.6) is 11.5 Å². The van der Waals surface area contributed by atoms with E-state index in [1.165, 1.54) is 0 Å². The fourth-order valence-electron chi connectivity index (χ4n) is 2.71. The largest absolute Gasteiger partial charge is 0.498 e. The number of benzene rings is 2. The third-order valence-corrected chi connectivity index (χ3v) is 4.95. The topological polar surface area (TPSA) is 36.9 Å². The van der Waals surface area contributed by atoms with Crippen LogP contribution in [0.15, 0.2) is 48.5 Å². The van der Waals surface area contributed by atoms with E-state index in [9.17, 15) is 0 Å². The van der Waals surface area contributed by atoms with E-state index < -0.39 is 7.12 Å². The minimum absolute atomic E-state index is 0.390. The number of ether oxygens (including phenoxy) is 2. The summed E-state index contributed by atoms with van der Waals surface area (Å²) in [4.78, 5) is 0. The zero-order valence-electron chi connectivity index (χ0n) is 15.5. The Labute approximate surface area is 150 Å². The summed E-state index contributed by atoms with van der Waals surface area (Å²) in [6.45, 7) is 8.65. The van der Waals surface area contributed by atoms with Crippen LogP contribution < -0.4 is 14.9 Å². The molecule has 0 bridgehead atoms. The Balaban J connectivity index is 1.81. The van der Waals surface area contributed by atoms with Gasteiger partial charge in [-0.1, -0.05) is 30.3 Å². The minimum atomic E-state index is -0.461. The summed E-state index contributed by atoms with van der Waals surface area (Å²) in [5, 5.41) is 0. The Morgan fingerprint density at radius 2 is 1.56 bits per heavy atom. The van der Waals surface area contributed by atoms with Crippen LogP contribution in [0.4, 0.5) is 0 Å². The van der Waals surface area contributed by atoms with E-state index in [4.69, 9.17) is 18.8 Å². The van der Waals surface area contributed by atoms with Gasteiger partial charge >= 0.3 is 7.12 Å². The van der Waals surface area contributed by atoms with Crippen molar-refractivity contribution in [1.82, 2.24) is 0 Å². The fraction of sp³-hybridized carbons (Fsp3) is 0.400. The van der Waals surface area contributed by atoms with E-state index in [0.717, 1.165) is 22.5 Å². The summed E-state index contributed by atoms with van der Waals surface area (Å²) < 4.78 is 23.7. The van der Waals surface area contributed by atoms with Gasteiger partial charge in [-0.05, 0) is 51.5 Å². The molecule has 1 aliphatic rings. The predicted octanol–water partition coefficient (Wildman–Crippen LogP) is 3.57. The Morgan fingerprint density at radius 1 is 0.920 bits per heavy atom. The van der Waals surface area contributed by atoms with E-state index in [1.54, 1.807) is 7.11 Å². The number of hydrogen-bond acceptors (Lipinski definition) is 4. The summed E-state index contributed by atoms with van der Waals surface area (Å²) in [6, 6.07) is 15.7. The Bertz CT molecular complexity index is 712. The van der Waals surface area contributed by atoms with Gasteiger partial charge in [-0.3, -0.25) is 0 Å². The number of methoxy groups -OCH3 is 1. The number of para-hydroxylation sites is 1. The van der Waals surface area contributed by atoms with Gasteiger partial charge in [0.2, 0.25) is 0 Å². The van der Waals surface area contributed by atoms with Gasteiger partial charge in [-0.25, -0.2) is 0 Å². The maximum atomic E-state index is 6.17. The van der Waals surface area contributed by atoms with Gasteiger partial charge < -0.3 is 18.8 Å². The molecule has 5 heteroatoms. The summed E-state index contributed by atoms with van der Waals surface area (Å²) in [5.74, 6) is 1.59. The molecule has 2 aromatic carbocycles. The first-order valence-electron chi connectivity index (χ1n) is 8.53. The van der Waals surface area contributed by atoms with Crippen molar-refractivity contribution in [3.05, 3.63) is 54.1 Å². The molecule has 0 radical (unpaired) electrons. The van der Waals surface area contributed by atoms with Gasteiger partial charge in [-0.15, -0.1) is 0 Å². The second-order valence-electron chi connectivity index (χ2n) is 7.27. The summed E-state index contributed by atoms with van der Waals surface area (Å²) >= 11 is 0. The second kappa shape index (κ2) is 6.73. The van der Waals surface area contributed by atoms with E-state index in [-0.39, 0.29) is 11.2 Å². The molecule has 25 heavy (non-hydrogen) atoms. The van der Waals surface area contributed by atoms with Crippen LogP contribution in [-0.2, 0) is 15.9 Å². The van der Waals surface area contributed by atoms with Gasteiger partial charge in [0.1, 0.15) is 18.1 Å². The number of hydrogen-bond donors (Lipinski definition) is 0. The first kappa shape index (κ1) is 17.8. The Morgan fingerprint density at radius 3 is 2.16 bits per heavy atom. The first-order chi connectivity index (χ1) is 11.8. The SMILES string of the molecule is COc1ccc(COc2ccccc2)cc1B1OC(C)(C)C(C)(C)O1. The Hall–Kier alpha value is -1.98. The molecule has 0 N–H and O–H groups in total. The lowest BCUT2D eigenvalue weighted by molar-refractivity contribution is 0.00578. The third-order valence-electron chi connectivity index (χ3n) is 4.95. The highest BCUT2D eigenvalue weighted by atomic mass is 16.7. The van der Waals surface area contributed by atoms with E-state index in [1.807, 2.05) is 76.2 Å². The average molecular weight is 340 g/mol. The van der Waals surface area contributed by atoms with Gasteiger partial charge in [0.25, 0.3) is 0 Å². The van der Waals surface area contributed by atoms with Gasteiger partial charge in [0.15, 0.2) is 0 Å². The molecule has 1 heterocycles. The Kier molecular flexibility index (Phi) is 4.80. The summed E-state index contributed by atoms with van der Waals surface area (Å²) in [6.07, 6.45) is 0. The molecular formula is C20H25BO4. The minimum Gasteiger partial charge on any atom is -0.497 e. The molecule has 1 aliphatic heterocycles. The van der Waals surface area contributed by atoms with Crippen LogP contribution in [-0.4, -0.2) is 25.4 Å². The monoisotopic (exact) mass is 340 g/mol. The highest BCUT2D eigenvalue weighted by molar-refractivity contribution is 6.63. The zero-order chi connectivity index (χ0) is 18.1.